The van der Waals surface area contributed by atoms with Crippen LogP contribution in [0.2, 0.25) is 0 Å². The molecule has 0 aliphatic rings. The number of benzene rings is 2. The third-order valence-electron chi connectivity index (χ3n) is 2.60. The van der Waals surface area contributed by atoms with E-state index in [1.807, 2.05) is 0 Å². The van der Waals surface area contributed by atoms with Crippen LogP contribution in [0.1, 0.15) is 0 Å². The Bertz CT molecular complexity index is 629. The Balaban J connectivity index is 2.52. The highest BCUT2D eigenvalue weighted by Gasteiger charge is 2.19. The summed E-state index contributed by atoms with van der Waals surface area (Å²) in [5.74, 6) is -4.60. The Kier molecular flexibility index (Phi) is 4.08. The second-order valence-corrected chi connectivity index (χ2v) is 3.96. The van der Waals surface area contributed by atoms with Gasteiger partial charge in [-0.2, -0.15) is 0 Å². The Morgan fingerprint density at radius 3 is 2.25 bits per heavy atom. The fourth-order valence-electron chi connectivity index (χ4n) is 1.74. The fourth-order valence-corrected chi connectivity index (χ4v) is 1.74. The van der Waals surface area contributed by atoms with E-state index in [1.165, 1.54) is 12.1 Å². The number of hydrogen-bond acceptors (Lipinski definition) is 1. The molecule has 0 saturated heterocycles. The molecule has 20 heavy (non-hydrogen) atoms. The Hall–Kier alpha value is -2.30. The van der Waals surface area contributed by atoms with Crippen molar-refractivity contribution in [2.45, 2.75) is 0 Å². The highest BCUT2D eigenvalue weighted by atomic mass is 19.2. The SMILES string of the molecule is C=CCOc1cc(F)c(-c2cccc(F)c2F)c(F)c1. The summed E-state index contributed by atoms with van der Waals surface area (Å²) < 4.78 is 59.5. The van der Waals surface area contributed by atoms with Crippen molar-refractivity contribution in [2.24, 2.45) is 0 Å². The minimum absolute atomic E-state index is 0.0551. The molecule has 0 unspecified atom stereocenters. The molecule has 0 aliphatic heterocycles. The molecule has 0 atom stereocenters. The van der Waals surface area contributed by atoms with Gasteiger partial charge < -0.3 is 4.74 Å². The second kappa shape index (κ2) is 5.77. The molecular formula is C15H10F4O. The molecule has 0 fully saturated rings. The number of ether oxygens (including phenoxy) is 1. The van der Waals surface area contributed by atoms with Gasteiger partial charge in [0.15, 0.2) is 11.6 Å². The van der Waals surface area contributed by atoms with Gasteiger partial charge in [0.05, 0.1) is 5.56 Å². The first-order valence-electron chi connectivity index (χ1n) is 5.71. The van der Waals surface area contributed by atoms with E-state index in [2.05, 4.69) is 6.58 Å². The highest BCUT2D eigenvalue weighted by Crippen LogP contribution is 2.32. The van der Waals surface area contributed by atoms with E-state index in [-0.39, 0.29) is 12.4 Å². The maximum absolute atomic E-state index is 13.9. The van der Waals surface area contributed by atoms with E-state index in [9.17, 15) is 17.6 Å². The summed E-state index contributed by atoms with van der Waals surface area (Å²) in [6.45, 7) is 3.48. The van der Waals surface area contributed by atoms with Crippen LogP contribution in [0.25, 0.3) is 11.1 Å². The van der Waals surface area contributed by atoms with Crippen LogP contribution in [0, 0.1) is 23.3 Å². The molecular weight excluding hydrogens is 272 g/mol. The molecule has 1 nitrogen and oxygen atoms in total. The summed E-state index contributed by atoms with van der Waals surface area (Å²) in [5, 5.41) is 0. The van der Waals surface area contributed by atoms with Gasteiger partial charge in [-0.3, -0.25) is 0 Å². The van der Waals surface area contributed by atoms with Gasteiger partial charge >= 0.3 is 0 Å². The molecule has 0 heterocycles. The molecule has 104 valence electrons. The number of halogens is 4. The smallest absolute Gasteiger partial charge is 0.166 e. The molecule has 0 aliphatic carbocycles. The zero-order chi connectivity index (χ0) is 14.7. The van der Waals surface area contributed by atoms with Crippen LogP contribution in [0.5, 0.6) is 5.75 Å². The van der Waals surface area contributed by atoms with Gasteiger partial charge in [0.1, 0.15) is 24.0 Å². The van der Waals surface area contributed by atoms with Crippen molar-refractivity contribution in [2.75, 3.05) is 6.61 Å². The average Bonchev–Trinajstić information content (AvgIpc) is 2.40. The van der Waals surface area contributed by atoms with Crippen LogP contribution < -0.4 is 4.74 Å². The molecule has 0 N–H and O–H groups in total. The summed E-state index contributed by atoms with van der Waals surface area (Å²) in [6.07, 6.45) is 1.41. The lowest BCUT2D eigenvalue weighted by molar-refractivity contribution is 0.358. The van der Waals surface area contributed by atoms with Gasteiger partial charge in [-0.1, -0.05) is 24.8 Å². The normalized spacial score (nSPS) is 10.4. The molecule has 5 heteroatoms. The van der Waals surface area contributed by atoms with Gasteiger partial charge in [0.2, 0.25) is 0 Å². The van der Waals surface area contributed by atoms with Crippen LogP contribution >= 0.6 is 0 Å². The van der Waals surface area contributed by atoms with Crippen molar-refractivity contribution in [3.8, 4) is 16.9 Å². The Morgan fingerprint density at radius 2 is 1.65 bits per heavy atom. The van der Waals surface area contributed by atoms with E-state index in [1.54, 1.807) is 0 Å². The molecule has 0 saturated carbocycles. The standard InChI is InChI=1S/C15H10F4O/c1-2-6-20-9-7-12(17)14(13(18)8-9)10-4-3-5-11(16)15(10)19/h2-5,7-8H,1,6H2. The van der Waals surface area contributed by atoms with Gasteiger partial charge in [-0.15, -0.1) is 0 Å². The van der Waals surface area contributed by atoms with Crippen LogP contribution in [0.15, 0.2) is 43.0 Å². The van der Waals surface area contributed by atoms with Crippen molar-refractivity contribution < 1.29 is 22.3 Å². The van der Waals surface area contributed by atoms with E-state index >= 15 is 0 Å². The van der Waals surface area contributed by atoms with Crippen molar-refractivity contribution in [1.29, 1.82) is 0 Å². The number of hydrogen-bond donors (Lipinski definition) is 0. The van der Waals surface area contributed by atoms with Gasteiger partial charge in [0.25, 0.3) is 0 Å². The third kappa shape index (κ3) is 2.66. The van der Waals surface area contributed by atoms with Crippen LogP contribution in [-0.4, -0.2) is 6.61 Å². The first-order valence-corrected chi connectivity index (χ1v) is 5.71. The number of rotatable bonds is 4. The summed E-state index contributed by atoms with van der Waals surface area (Å²) >= 11 is 0. The summed E-state index contributed by atoms with van der Waals surface area (Å²) in [4.78, 5) is 0. The first kappa shape index (κ1) is 14.1. The largest absolute Gasteiger partial charge is 0.489 e. The van der Waals surface area contributed by atoms with Crippen molar-refractivity contribution in [3.63, 3.8) is 0 Å². The minimum atomic E-state index is -1.30. The lowest BCUT2D eigenvalue weighted by Gasteiger charge is -2.10. The van der Waals surface area contributed by atoms with Crippen LogP contribution in [-0.2, 0) is 0 Å². The maximum Gasteiger partial charge on any atom is 0.166 e. The summed E-state index contributed by atoms with van der Waals surface area (Å²) in [6, 6.07) is 4.97. The van der Waals surface area contributed by atoms with Gasteiger partial charge in [0, 0.05) is 17.7 Å². The predicted octanol–water partition coefficient (Wildman–Crippen LogP) is 4.47. The molecule has 0 radical (unpaired) electrons. The summed E-state index contributed by atoms with van der Waals surface area (Å²) in [7, 11) is 0. The average molecular weight is 282 g/mol. The molecule has 2 aromatic rings. The molecule has 0 bridgehead atoms. The van der Waals surface area contributed by atoms with E-state index in [4.69, 9.17) is 4.74 Å². The topological polar surface area (TPSA) is 9.23 Å². The highest BCUT2D eigenvalue weighted by molar-refractivity contribution is 5.66. The van der Waals surface area contributed by atoms with Crippen LogP contribution in [0.4, 0.5) is 17.6 Å². The van der Waals surface area contributed by atoms with Crippen LogP contribution in [0.3, 0.4) is 0 Å². The predicted molar refractivity (Wildman–Crippen MR) is 67.4 cm³/mol. The monoisotopic (exact) mass is 282 g/mol. The molecule has 0 spiro atoms. The molecule has 2 aromatic carbocycles. The maximum atomic E-state index is 13.9. The molecule has 0 amide bonds. The zero-order valence-corrected chi connectivity index (χ0v) is 10.3. The first-order chi connectivity index (χ1) is 9.54. The Labute approximate surface area is 113 Å². The minimum Gasteiger partial charge on any atom is -0.489 e. The molecule has 0 aromatic heterocycles. The molecule has 2 rings (SSSR count). The van der Waals surface area contributed by atoms with E-state index in [0.29, 0.717) is 0 Å². The second-order valence-electron chi connectivity index (χ2n) is 3.96. The van der Waals surface area contributed by atoms with Gasteiger partial charge in [-0.25, -0.2) is 17.6 Å². The van der Waals surface area contributed by atoms with E-state index < -0.39 is 34.4 Å². The lowest BCUT2D eigenvalue weighted by atomic mass is 10.0. The van der Waals surface area contributed by atoms with E-state index in [0.717, 1.165) is 24.3 Å². The lowest BCUT2D eigenvalue weighted by Crippen LogP contribution is -1.99. The summed E-state index contributed by atoms with van der Waals surface area (Å²) in [5.41, 5.74) is -1.11. The third-order valence-corrected chi connectivity index (χ3v) is 2.60. The van der Waals surface area contributed by atoms with Crippen molar-refractivity contribution >= 4 is 0 Å². The zero-order valence-electron chi connectivity index (χ0n) is 10.3. The quantitative estimate of drug-likeness (QED) is 0.593. The Morgan fingerprint density at radius 1 is 1.00 bits per heavy atom. The van der Waals surface area contributed by atoms with Crippen molar-refractivity contribution in [1.82, 2.24) is 0 Å². The fraction of sp³-hybridized carbons (Fsp3) is 0.0667. The van der Waals surface area contributed by atoms with Crippen molar-refractivity contribution in [3.05, 3.63) is 66.3 Å². The van der Waals surface area contributed by atoms with Gasteiger partial charge in [-0.05, 0) is 6.07 Å².